The molecule has 0 fully saturated rings. The van der Waals surface area contributed by atoms with Gasteiger partial charge in [0.1, 0.15) is 11.6 Å². The van der Waals surface area contributed by atoms with E-state index in [1.54, 1.807) is 38.4 Å². The summed E-state index contributed by atoms with van der Waals surface area (Å²) in [5, 5.41) is 6.16. The van der Waals surface area contributed by atoms with Gasteiger partial charge in [0.05, 0.1) is 17.0 Å². The number of benzene rings is 1. The standard InChI is InChI=1S/C21H25ClN6O4/c1-23-16-14(18(29)27(5)20(31)25(16)3)13(11-9-7-8-10-12(11)22)15-17(24-2)26(4)21(32)28(6)19(15)30/h7-10,13,23-24H,1-6H3. The van der Waals surface area contributed by atoms with Crippen molar-refractivity contribution < 1.29 is 0 Å². The van der Waals surface area contributed by atoms with Gasteiger partial charge in [-0.25, -0.2) is 9.59 Å². The molecule has 0 atom stereocenters. The molecule has 0 spiro atoms. The lowest BCUT2D eigenvalue weighted by Gasteiger charge is -2.26. The molecule has 1 aromatic carbocycles. The fourth-order valence-electron chi connectivity index (χ4n) is 4.03. The number of hydrogen-bond donors (Lipinski definition) is 2. The van der Waals surface area contributed by atoms with Crippen molar-refractivity contribution in [1.82, 2.24) is 18.3 Å². The summed E-state index contributed by atoms with van der Waals surface area (Å²) in [5.74, 6) is -0.508. The van der Waals surface area contributed by atoms with Crippen LogP contribution < -0.4 is 33.1 Å². The van der Waals surface area contributed by atoms with Crippen molar-refractivity contribution >= 4 is 23.2 Å². The molecule has 0 aliphatic carbocycles. The SMILES string of the molecule is CNc1c(C(c2ccccc2Cl)c2c(NC)n(C)c(=O)n(C)c2=O)c(=O)n(C)c(=O)n1C. The highest BCUT2D eigenvalue weighted by molar-refractivity contribution is 6.31. The Labute approximate surface area is 188 Å². The van der Waals surface area contributed by atoms with Gasteiger partial charge in [-0.15, -0.1) is 0 Å². The van der Waals surface area contributed by atoms with E-state index >= 15 is 0 Å². The van der Waals surface area contributed by atoms with Crippen molar-refractivity contribution in [3.63, 3.8) is 0 Å². The second kappa shape index (κ2) is 8.54. The van der Waals surface area contributed by atoms with Gasteiger partial charge in [-0.3, -0.25) is 27.9 Å². The van der Waals surface area contributed by atoms with Crippen LogP contribution in [-0.4, -0.2) is 32.4 Å². The van der Waals surface area contributed by atoms with Gasteiger partial charge in [0, 0.05) is 47.3 Å². The zero-order chi connectivity index (χ0) is 23.9. The zero-order valence-electron chi connectivity index (χ0n) is 18.7. The van der Waals surface area contributed by atoms with Crippen LogP contribution in [0.2, 0.25) is 5.02 Å². The van der Waals surface area contributed by atoms with Crippen LogP contribution in [0.5, 0.6) is 0 Å². The Balaban J connectivity index is 2.66. The minimum Gasteiger partial charge on any atom is -0.374 e. The molecule has 32 heavy (non-hydrogen) atoms. The topological polar surface area (TPSA) is 112 Å². The third kappa shape index (κ3) is 3.36. The molecule has 3 aromatic rings. The van der Waals surface area contributed by atoms with Gasteiger partial charge in [0.25, 0.3) is 11.1 Å². The molecule has 0 saturated heterocycles. The molecule has 10 nitrogen and oxygen atoms in total. The minimum absolute atomic E-state index is 0.150. The third-order valence-corrected chi connectivity index (χ3v) is 6.01. The summed E-state index contributed by atoms with van der Waals surface area (Å²) < 4.78 is 4.55. The third-order valence-electron chi connectivity index (χ3n) is 5.67. The first kappa shape index (κ1) is 23.1. The van der Waals surface area contributed by atoms with E-state index in [-0.39, 0.29) is 22.8 Å². The number of halogens is 1. The fraction of sp³-hybridized carbons (Fsp3) is 0.333. The molecule has 0 saturated carbocycles. The predicted octanol–water partition coefficient (Wildman–Crippen LogP) is 0.398. The maximum atomic E-state index is 13.4. The number of hydrogen-bond acceptors (Lipinski definition) is 6. The van der Waals surface area contributed by atoms with Gasteiger partial charge < -0.3 is 10.6 Å². The van der Waals surface area contributed by atoms with Gasteiger partial charge in [-0.1, -0.05) is 29.8 Å². The largest absolute Gasteiger partial charge is 0.374 e. The van der Waals surface area contributed by atoms with Crippen LogP contribution in [0, 0.1) is 0 Å². The number of nitrogens with zero attached hydrogens (tertiary/aromatic N) is 4. The number of nitrogens with one attached hydrogen (secondary N) is 2. The summed E-state index contributed by atoms with van der Waals surface area (Å²) >= 11 is 6.54. The van der Waals surface area contributed by atoms with Crippen LogP contribution >= 0.6 is 11.6 Å². The fourth-order valence-corrected chi connectivity index (χ4v) is 4.27. The highest BCUT2D eigenvalue weighted by atomic mass is 35.5. The Morgan fingerprint density at radius 1 is 0.719 bits per heavy atom. The van der Waals surface area contributed by atoms with E-state index in [0.29, 0.717) is 10.6 Å². The molecule has 170 valence electrons. The second-order valence-corrected chi connectivity index (χ2v) is 7.80. The van der Waals surface area contributed by atoms with Crippen molar-refractivity contribution in [2.75, 3.05) is 24.7 Å². The van der Waals surface area contributed by atoms with Crippen LogP contribution in [0.1, 0.15) is 22.6 Å². The summed E-state index contributed by atoms with van der Waals surface area (Å²) in [5.41, 5.74) is -1.43. The lowest BCUT2D eigenvalue weighted by Crippen LogP contribution is -2.44. The Morgan fingerprint density at radius 2 is 1.12 bits per heavy atom. The van der Waals surface area contributed by atoms with E-state index in [0.717, 1.165) is 9.13 Å². The molecule has 0 aliphatic heterocycles. The van der Waals surface area contributed by atoms with E-state index in [2.05, 4.69) is 10.6 Å². The van der Waals surface area contributed by atoms with Crippen molar-refractivity contribution in [2.24, 2.45) is 28.2 Å². The molecule has 0 radical (unpaired) electrons. The maximum Gasteiger partial charge on any atom is 0.332 e. The van der Waals surface area contributed by atoms with Crippen LogP contribution in [0.3, 0.4) is 0 Å². The zero-order valence-corrected chi connectivity index (χ0v) is 19.4. The molecule has 0 amide bonds. The summed E-state index contributed by atoms with van der Waals surface area (Å²) in [6.07, 6.45) is 0. The van der Waals surface area contributed by atoms with Crippen molar-refractivity contribution in [3.05, 3.63) is 87.7 Å². The molecule has 11 heteroatoms. The quantitative estimate of drug-likeness (QED) is 0.570. The minimum atomic E-state index is -0.982. The maximum absolute atomic E-state index is 13.4. The van der Waals surface area contributed by atoms with E-state index in [4.69, 9.17) is 11.6 Å². The first-order chi connectivity index (χ1) is 15.1. The van der Waals surface area contributed by atoms with Gasteiger partial charge in [-0.05, 0) is 11.6 Å². The number of anilines is 2. The molecule has 2 aromatic heterocycles. The summed E-state index contributed by atoms with van der Waals surface area (Å²) in [7, 11) is 8.96. The average molecular weight is 461 g/mol. The molecular formula is C21H25ClN6O4. The summed E-state index contributed by atoms with van der Waals surface area (Å²) in [4.78, 5) is 52.0. The van der Waals surface area contributed by atoms with Crippen LogP contribution in [0.25, 0.3) is 0 Å². The first-order valence-electron chi connectivity index (χ1n) is 9.78. The summed E-state index contributed by atoms with van der Waals surface area (Å²) in [6.45, 7) is 0. The Bertz CT molecular complexity index is 1360. The van der Waals surface area contributed by atoms with Crippen molar-refractivity contribution in [3.8, 4) is 0 Å². The van der Waals surface area contributed by atoms with Gasteiger partial charge in [0.15, 0.2) is 0 Å². The Kier molecular flexibility index (Phi) is 6.18. The Hall–Kier alpha value is -3.53. The summed E-state index contributed by atoms with van der Waals surface area (Å²) in [6, 6.07) is 6.84. The number of rotatable bonds is 5. The predicted molar refractivity (Wildman–Crippen MR) is 125 cm³/mol. The first-order valence-corrected chi connectivity index (χ1v) is 10.2. The van der Waals surface area contributed by atoms with Crippen LogP contribution in [-0.2, 0) is 28.2 Å². The van der Waals surface area contributed by atoms with Crippen LogP contribution in [0.4, 0.5) is 11.6 Å². The van der Waals surface area contributed by atoms with E-state index in [1.807, 2.05) is 0 Å². The van der Waals surface area contributed by atoms with Crippen molar-refractivity contribution in [2.45, 2.75) is 5.92 Å². The molecule has 2 N–H and O–H groups in total. The van der Waals surface area contributed by atoms with Gasteiger partial charge >= 0.3 is 11.4 Å². The Morgan fingerprint density at radius 3 is 1.50 bits per heavy atom. The molecule has 0 aliphatic rings. The van der Waals surface area contributed by atoms with E-state index in [1.165, 1.54) is 37.3 Å². The lowest BCUT2D eigenvalue weighted by molar-refractivity contribution is 0.651. The highest BCUT2D eigenvalue weighted by Crippen LogP contribution is 2.38. The molecule has 0 bridgehead atoms. The molecule has 0 unspecified atom stereocenters. The highest BCUT2D eigenvalue weighted by Gasteiger charge is 2.33. The molecular weight excluding hydrogens is 436 g/mol. The van der Waals surface area contributed by atoms with Gasteiger partial charge in [0.2, 0.25) is 0 Å². The van der Waals surface area contributed by atoms with E-state index in [9.17, 15) is 19.2 Å². The van der Waals surface area contributed by atoms with Gasteiger partial charge in [-0.2, -0.15) is 0 Å². The van der Waals surface area contributed by atoms with Crippen molar-refractivity contribution in [1.29, 1.82) is 0 Å². The average Bonchev–Trinajstić information content (AvgIpc) is 2.78. The second-order valence-electron chi connectivity index (χ2n) is 7.39. The number of aromatic nitrogens is 4. The monoisotopic (exact) mass is 460 g/mol. The van der Waals surface area contributed by atoms with E-state index < -0.39 is 28.4 Å². The smallest absolute Gasteiger partial charge is 0.332 e. The van der Waals surface area contributed by atoms with Crippen LogP contribution in [0.15, 0.2) is 43.4 Å². The molecule has 2 heterocycles. The normalized spacial score (nSPS) is 11.1. The lowest BCUT2D eigenvalue weighted by atomic mass is 9.86. The molecule has 3 rings (SSSR count).